The summed E-state index contributed by atoms with van der Waals surface area (Å²) in [5, 5.41) is 2.96. The Morgan fingerprint density at radius 3 is 2.61 bits per heavy atom. The number of benzene rings is 1. The number of anilines is 1. The van der Waals surface area contributed by atoms with Crippen LogP contribution in [0.15, 0.2) is 30.3 Å². The Morgan fingerprint density at radius 1 is 1.09 bits per heavy atom. The van der Waals surface area contributed by atoms with Gasteiger partial charge in [0.2, 0.25) is 11.8 Å². The lowest BCUT2D eigenvalue weighted by molar-refractivity contribution is -0.163. The van der Waals surface area contributed by atoms with Crippen molar-refractivity contribution in [3.8, 4) is 0 Å². The fourth-order valence-electron chi connectivity index (χ4n) is 8.71. The molecule has 5 nitrogen and oxygen atoms in total. The fourth-order valence-corrected chi connectivity index (χ4v) is 8.71. The highest BCUT2D eigenvalue weighted by atomic mass is 16.5. The molecule has 5 rings (SSSR count). The zero-order valence-corrected chi connectivity index (χ0v) is 20.7. The lowest BCUT2D eigenvalue weighted by atomic mass is 9.47. The van der Waals surface area contributed by atoms with E-state index in [4.69, 9.17) is 4.74 Å². The number of amides is 2. The van der Waals surface area contributed by atoms with Gasteiger partial charge in [-0.05, 0) is 85.2 Å². The van der Waals surface area contributed by atoms with E-state index in [2.05, 4.69) is 31.0 Å². The number of fused-ring (bicyclic) bond motifs is 5. The topological polar surface area (TPSA) is 58.6 Å². The predicted molar refractivity (Wildman–Crippen MR) is 130 cm³/mol. The van der Waals surface area contributed by atoms with E-state index < -0.39 is 0 Å². The lowest BCUT2D eigenvalue weighted by Gasteiger charge is -2.61. The number of ether oxygens (including phenoxy) is 1. The molecule has 4 aliphatic rings. The zero-order chi connectivity index (χ0) is 23.4. The lowest BCUT2D eigenvalue weighted by Crippen LogP contribution is -2.61. The number of likely N-dealkylation sites (tertiary alicyclic amines) is 1. The van der Waals surface area contributed by atoms with Gasteiger partial charge in [-0.25, -0.2) is 0 Å². The van der Waals surface area contributed by atoms with E-state index in [1.54, 1.807) is 0 Å². The molecule has 3 saturated carbocycles. The number of piperidine rings is 1. The molecule has 1 saturated heterocycles. The highest BCUT2D eigenvalue weighted by Crippen LogP contribution is 2.66. The van der Waals surface area contributed by atoms with Crippen molar-refractivity contribution in [1.82, 2.24) is 4.90 Å². The van der Waals surface area contributed by atoms with Gasteiger partial charge in [-0.15, -0.1) is 0 Å². The van der Waals surface area contributed by atoms with Crippen molar-refractivity contribution in [3.63, 3.8) is 0 Å². The van der Waals surface area contributed by atoms with E-state index in [0.29, 0.717) is 42.0 Å². The molecule has 1 heterocycles. The average molecular weight is 453 g/mol. The van der Waals surface area contributed by atoms with Crippen LogP contribution < -0.4 is 5.32 Å². The quantitative estimate of drug-likeness (QED) is 0.690. The number of para-hydroxylation sites is 1. The van der Waals surface area contributed by atoms with Crippen molar-refractivity contribution in [1.29, 1.82) is 0 Å². The summed E-state index contributed by atoms with van der Waals surface area (Å²) >= 11 is 0. The van der Waals surface area contributed by atoms with Crippen LogP contribution in [0, 0.1) is 34.5 Å². The highest BCUT2D eigenvalue weighted by molar-refractivity contribution is 5.91. The summed E-state index contributed by atoms with van der Waals surface area (Å²) in [6.07, 6.45) is 7.80. The van der Waals surface area contributed by atoms with E-state index in [-0.39, 0.29) is 29.4 Å². The molecule has 8 atom stereocenters. The molecule has 0 aromatic heterocycles. The van der Waals surface area contributed by atoms with Gasteiger partial charge in [0.1, 0.15) is 6.61 Å². The van der Waals surface area contributed by atoms with Crippen LogP contribution in [0.4, 0.5) is 5.69 Å². The van der Waals surface area contributed by atoms with Gasteiger partial charge in [0.15, 0.2) is 0 Å². The maximum absolute atomic E-state index is 12.6. The summed E-state index contributed by atoms with van der Waals surface area (Å²) in [6.45, 7) is 7.34. The molecule has 2 amide bonds. The Kier molecular flexibility index (Phi) is 5.83. The Hall–Kier alpha value is -1.88. The van der Waals surface area contributed by atoms with Crippen LogP contribution in [0.5, 0.6) is 0 Å². The summed E-state index contributed by atoms with van der Waals surface area (Å²) in [7, 11) is 2.03. The van der Waals surface area contributed by atoms with Crippen LogP contribution in [0.2, 0.25) is 0 Å². The second kappa shape index (κ2) is 8.41. The fraction of sp³-hybridized carbons (Fsp3) is 0.714. The third-order valence-corrected chi connectivity index (χ3v) is 10.2. The molecule has 5 heteroatoms. The van der Waals surface area contributed by atoms with Gasteiger partial charge < -0.3 is 15.0 Å². The van der Waals surface area contributed by atoms with Gasteiger partial charge in [0.25, 0.3) is 0 Å². The minimum Gasteiger partial charge on any atom is -0.368 e. The van der Waals surface area contributed by atoms with Crippen LogP contribution in [0.3, 0.4) is 0 Å². The van der Waals surface area contributed by atoms with E-state index in [9.17, 15) is 9.59 Å². The Balaban J connectivity index is 1.28. The molecule has 1 aromatic carbocycles. The van der Waals surface area contributed by atoms with Crippen LogP contribution >= 0.6 is 0 Å². The number of carbonyl (C=O) groups is 2. The van der Waals surface area contributed by atoms with Crippen molar-refractivity contribution >= 4 is 17.5 Å². The Morgan fingerprint density at radius 2 is 1.85 bits per heavy atom. The number of nitrogens with zero attached hydrogens (tertiary/aromatic N) is 1. The van der Waals surface area contributed by atoms with Crippen LogP contribution in [-0.4, -0.2) is 42.5 Å². The predicted octanol–water partition coefficient (Wildman–Crippen LogP) is 5.12. The smallest absolute Gasteiger partial charge is 0.250 e. The third-order valence-electron chi connectivity index (χ3n) is 10.2. The van der Waals surface area contributed by atoms with Crippen molar-refractivity contribution in [3.05, 3.63) is 30.3 Å². The Bertz CT molecular complexity index is 904. The van der Waals surface area contributed by atoms with E-state index >= 15 is 0 Å². The van der Waals surface area contributed by atoms with Crippen molar-refractivity contribution in [2.75, 3.05) is 19.0 Å². The maximum Gasteiger partial charge on any atom is 0.250 e. The van der Waals surface area contributed by atoms with Crippen molar-refractivity contribution in [2.45, 2.75) is 77.9 Å². The van der Waals surface area contributed by atoms with Gasteiger partial charge in [-0.3, -0.25) is 9.59 Å². The normalized spacial score (nSPS) is 42.3. The monoisotopic (exact) mass is 452 g/mol. The van der Waals surface area contributed by atoms with Crippen molar-refractivity contribution < 1.29 is 14.3 Å². The molecule has 180 valence electrons. The minimum absolute atomic E-state index is 0.0722. The summed E-state index contributed by atoms with van der Waals surface area (Å²) in [5.41, 5.74) is 1.19. The van der Waals surface area contributed by atoms with Crippen molar-refractivity contribution in [2.24, 2.45) is 34.5 Å². The standard InChI is InChI=1S/C28H40N2O3/c1-18-16-22-20-10-11-23-27(2,15-13-25(32)30(23)4)21(20)12-14-28(22,3)26(18)33-17-24(31)29-19-8-6-5-7-9-19/h5-9,18,20-23,26H,10-17H2,1-4H3,(H,29,31)/t18-,20+,21-,22-,23+,26-,27+,28-/m0/s1. The number of nitrogens with one attached hydrogen (secondary N) is 1. The molecule has 4 fully saturated rings. The van der Waals surface area contributed by atoms with Gasteiger partial charge in [0.05, 0.1) is 6.10 Å². The zero-order valence-electron chi connectivity index (χ0n) is 20.7. The summed E-state index contributed by atoms with van der Waals surface area (Å²) in [4.78, 5) is 27.0. The second-order valence-corrected chi connectivity index (χ2v) is 11.9. The summed E-state index contributed by atoms with van der Waals surface area (Å²) in [6, 6.07) is 10.0. The number of hydrogen-bond donors (Lipinski definition) is 1. The molecule has 3 aliphatic carbocycles. The molecule has 0 radical (unpaired) electrons. The minimum atomic E-state index is -0.0722. The molecule has 1 N–H and O–H groups in total. The first kappa shape index (κ1) is 22.9. The molecule has 33 heavy (non-hydrogen) atoms. The average Bonchev–Trinajstić information content (AvgIpc) is 3.05. The molecule has 1 aliphatic heterocycles. The molecule has 0 unspecified atom stereocenters. The molecule has 0 spiro atoms. The largest absolute Gasteiger partial charge is 0.368 e. The van der Waals surface area contributed by atoms with E-state index in [1.807, 2.05) is 37.4 Å². The molecule has 0 bridgehead atoms. The van der Waals surface area contributed by atoms with E-state index in [1.165, 1.54) is 19.3 Å². The van der Waals surface area contributed by atoms with Gasteiger partial charge in [0, 0.05) is 25.2 Å². The highest BCUT2D eigenvalue weighted by Gasteiger charge is 2.62. The van der Waals surface area contributed by atoms with Crippen LogP contribution in [-0.2, 0) is 14.3 Å². The van der Waals surface area contributed by atoms with E-state index in [0.717, 1.165) is 24.9 Å². The SMILES string of the molecule is C[C@H]1C[C@H]2[C@@H]3CC[C@H]4N(C)C(=O)CC[C@]4(C)[C@H]3CC[C@]2(C)[C@H]1OCC(=O)Nc1ccccc1. The summed E-state index contributed by atoms with van der Waals surface area (Å²) in [5.74, 6) is 2.77. The molecular weight excluding hydrogens is 412 g/mol. The first-order valence-corrected chi connectivity index (χ1v) is 13.0. The second-order valence-electron chi connectivity index (χ2n) is 11.9. The van der Waals surface area contributed by atoms with Gasteiger partial charge >= 0.3 is 0 Å². The number of carbonyl (C=O) groups excluding carboxylic acids is 2. The van der Waals surface area contributed by atoms with Gasteiger partial charge in [-0.2, -0.15) is 0 Å². The van der Waals surface area contributed by atoms with Crippen LogP contribution in [0.1, 0.15) is 65.7 Å². The Labute approximate surface area is 198 Å². The number of rotatable bonds is 4. The number of hydrogen-bond acceptors (Lipinski definition) is 3. The van der Waals surface area contributed by atoms with Crippen LogP contribution in [0.25, 0.3) is 0 Å². The maximum atomic E-state index is 12.6. The first-order valence-electron chi connectivity index (χ1n) is 13.0. The third kappa shape index (κ3) is 3.71. The summed E-state index contributed by atoms with van der Waals surface area (Å²) < 4.78 is 6.40. The molecular formula is C28H40N2O3. The first-order chi connectivity index (χ1) is 15.7. The molecule has 1 aromatic rings. The van der Waals surface area contributed by atoms with Gasteiger partial charge in [-0.1, -0.05) is 39.0 Å².